The number of nitrogen functional groups attached to an aromatic ring is 1. The first-order valence-electron chi connectivity index (χ1n) is 4.63. The molecule has 0 spiro atoms. The van der Waals surface area contributed by atoms with Crippen molar-refractivity contribution in [2.24, 2.45) is 0 Å². The van der Waals surface area contributed by atoms with Crippen molar-refractivity contribution in [2.45, 2.75) is 0 Å². The third kappa shape index (κ3) is 1.45. The number of nitrogens with two attached hydrogens (primary N) is 1. The third-order valence-corrected chi connectivity index (χ3v) is 3.09. The molecule has 16 heavy (non-hydrogen) atoms. The van der Waals surface area contributed by atoms with E-state index in [1.54, 1.807) is 18.3 Å². The van der Waals surface area contributed by atoms with Crippen molar-refractivity contribution in [3.05, 3.63) is 36.3 Å². The van der Waals surface area contributed by atoms with Crippen LogP contribution in [0.4, 0.5) is 9.52 Å². The molecule has 5 heteroatoms. The van der Waals surface area contributed by atoms with Crippen LogP contribution in [0.15, 0.2) is 34.9 Å². The van der Waals surface area contributed by atoms with Crippen molar-refractivity contribution in [2.75, 3.05) is 5.73 Å². The van der Waals surface area contributed by atoms with Crippen LogP contribution in [0.5, 0.6) is 0 Å². The highest BCUT2D eigenvalue weighted by Gasteiger charge is 2.09. The molecule has 0 bridgehead atoms. The molecule has 0 unspecified atom stereocenters. The number of furan rings is 1. The van der Waals surface area contributed by atoms with Crippen LogP contribution in [0.3, 0.4) is 0 Å². The zero-order valence-corrected chi connectivity index (χ0v) is 8.92. The van der Waals surface area contributed by atoms with E-state index < -0.39 is 0 Å². The quantitative estimate of drug-likeness (QED) is 0.703. The number of benzene rings is 1. The Kier molecular flexibility index (Phi) is 1.94. The van der Waals surface area contributed by atoms with Gasteiger partial charge in [-0.2, -0.15) is 0 Å². The highest BCUT2D eigenvalue weighted by Crippen LogP contribution is 2.32. The van der Waals surface area contributed by atoms with Crippen LogP contribution in [0.2, 0.25) is 0 Å². The molecule has 3 rings (SSSR count). The second kappa shape index (κ2) is 3.31. The Hall–Kier alpha value is -1.88. The van der Waals surface area contributed by atoms with Crippen LogP contribution in [0.25, 0.3) is 21.6 Å². The van der Waals surface area contributed by atoms with Crippen LogP contribution in [-0.2, 0) is 0 Å². The zero-order chi connectivity index (χ0) is 11.1. The number of hydrogen-bond acceptors (Lipinski definition) is 4. The number of nitrogens with zero attached hydrogens (tertiary/aromatic N) is 1. The molecule has 0 fully saturated rings. The van der Waals surface area contributed by atoms with E-state index in [1.807, 2.05) is 0 Å². The van der Waals surface area contributed by atoms with Crippen LogP contribution in [0.1, 0.15) is 0 Å². The first-order chi connectivity index (χ1) is 7.72. The molecule has 3 nitrogen and oxygen atoms in total. The molecule has 0 saturated carbocycles. The van der Waals surface area contributed by atoms with Gasteiger partial charge in [0.25, 0.3) is 0 Å². The van der Waals surface area contributed by atoms with Gasteiger partial charge in [0.1, 0.15) is 17.2 Å². The molecule has 2 aromatic heterocycles. The maximum Gasteiger partial charge on any atom is 0.180 e. The fourth-order valence-corrected chi connectivity index (χ4v) is 2.17. The molecule has 3 aromatic rings. The predicted octanol–water partition coefficient (Wildman–Crippen LogP) is 3.28. The van der Waals surface area contributed by atoms with E-state index in [4.69, 9.17) is 10.2 Å². The number of rotatable bonds is 1. The van der Waals surface area contributed by atoms with E-state index in [0.29, 0.717) is 16.5 Å². The van der Waals surface area contributed by atoms with E-state index in [0.717, 1.165) is 10.3 Å². The van der Waals surface area contributed by atoms with E-state index in [2.05, 4.69) is 4.98 Å². The Morgan fingerprint density at radius 1 is 1.31 bits per heavy atom. The lowest BCUT2D eigenvalue weighted by molar-refractivity contribution is 0.619. The highest BCUT2D eigenvalue weighted by molar-refractivity contribution is 7.18. The minimum atomic E-state index is -0.274. The molecule has 0 atom stereocenters. The molecule has 1 aromatic carbocycles. The Morgan fingerprint density at radius 3 is 2.94 bits per heavy atom. The molecule has 0 aliphatic rings. The fourth-order valence-electron chi connectivity index (χ4n) is 1.54. The third-order valence-electron chi connectivity index (χ3n) is 2.24. The highest BCUT2D eigenvalue weighted by atomic mass is 32.1. The summed E-state index contributed by atoms with van der Waals surface area (Å²) in [6, 6.07) is 6.20. The Bertz CT molecular complexity index is 659. The predicted molar refractivity (Wildman–Crippen MR) is 61.7 cm³/mol. The van der Waals surface area contributed by atoms with E-state index in [-0.39, 0.29) is 5.82 Å². The molecule has 2 N–H and O–H groups in total. The van der Waals surface area contributed by atoms with Crippen molar-refractivity contribution >= 4 is 27.4 Å². The van der Waals surface area contributed by atoms with E-state index in [9.17, 15) is 4.39 Å². The molecule has 0 radical (unpaired) electrons. The summed E-state index contributed by atoms with van der Waals surface area (Å²) < 4.78 is 18.6. The second-order valence-electron chi connectivity index (χ2n) is 3.36. The minimum absolute atomic E-state index is 0.274. The van der Waals surface area contributed by atoms with Crippen LogP contribution in [-0.4, -0.2) is 4.98 Å². The van der Waals surface area contributed by atoms with Crippen LogP contribution in [0, 0.1) is 5.82 Å². The molecular weight excluding hydrogens is 227 g/mol. The van der Waals surface area contributed by atoms with Gasteiger partial charge in [-0.3, -0.25) is 0 Å². The average molecular weight is 234 g/mol. The standard InChI is InChI=1S/C11H7FN2OS/c12-7-1-2-8-6(3-7)4-9(15-8)10-5-14-11(13)16-10/h1-5H,(H2,13,14). The Morgan fingerprint density at radius 2 is 2.19 bits per heavy atom. The van der Waals surface area contributed by atoms with Crippen molar-refractivity contribution < 1.29 is 8.81 Å². The van der Waals surface area contributed by atoms with Gasteiger partial charge in [0.15, 0.2) is 5.13 Å². The first-order valence-corrected chi connectivity index (χ1v) is 5.45. The van der Waals surface area contributed by atoms with Gasteiger partial charge in [-0.25, -0.2) is 9.37 Å². The number of hydrogen-bond donors (Lipinski definition) is 1. The second-order valence-corrected chi connectivity index (χ2v) is 4.42. The van der Waals surface area contributed by atoms with E-state index in [1.165, 1.54) is 23.5 Å². The van der Waals surface area contributed by atoms with Crippen molar-refractivity contribution in [3.63, 3.8) is 0 Å². The summed E-state index contributed by atoms with van der Waals surface area (Å²) in [7, 11) is 0. The average Bonchev–Trinajstić information content (AvgIpc) is 2.83. The van der Waals surface area contributed by atoms with Crippen molar-refractivity contribution in [1.82, 2.24) is 4.98 Å². The molecule has 0 saturated heterocycles. The normalized spacial score (nSPS) is 11.1. The number of thiazole rings is 1. The lowest BCUT2D eigenvalue weighted by atomic mass is 10.2. The van der Waals surface area contributed by atoms with Gasteiger partial charge in [-0.05, 0) is 24.3 Å². The number of aromatic nitrogens is 1. The van der Waals surface area contributed by atoms with Gasteiger partial charge < -0.3 is 10.2 Å². The molecule has 0 amide bonds. The van der Waals surface area contributed by atoms with Gasteiger partial charge in [0.2, 0.25) is 0 Å². The topological polar surface area (TPSA) is 52.0 Å². The van der Waals surface area contributed by atoms with Gasteiger partial charge in [0, 0.05) is 5.39 Å². The number of anilines is 1. The summed E-state index contributed by atoms with van der Waals surface area (Å²) >= 11 is 1.34. The summed E-state index contributed by atoms with van der Waals surface area (Å²) in [5.41, 5.74) is 6.20. The molecule has 80 valence electrons. The molecular formula is C11H7FN2OS. The Labute approximate surface area is 94.3 Å². The lowest BCUT2D eigenvalue weighted by Gasteiger charge is -1.87. The smallest absolute Gasteiger partial charge is 0.180 e. The summed E-state index contributed by atoms with van der Waals surface area (Å²) in [5, 5.41) is 1.23. The van der Waals surface area contributed by atoms with E-state index >= 15 is 0 Å². The largest absolute Gasteiger partial charge is 0.455 e. The van der Waals surface area contributed by atoms with Crippen LogP contribution >= 0.6 is 11.3 Å². The van der Waals surface area contributed by atoms with Gasteiger partial charge in [-0.1, -0.05) is 11.3 Å². The monoisotopic (exact) mass is 234 g/mol. The summed E-state index contributed by atoms with van der Waals surface area (Å²) in [4.78, 5) is 4.78. The minimum Gasteiger partial charge on any atom is -0.455 e. The number of halogens is 1. The van der Waals surface area contributed by atoms with Gasteiger partial charge in [-0.15, -0.1) is 0 Å². The maximum atomic E-state index is 13.0. The molecule has 0 aliphatic carbocycles. The van der Waals surface area contributed by atoms with Crippen molar-refractivity contribution in [3.8, 4) is 10.6 Å². The molecule has 2 heterocycles. The SMILES string of the molecule is Nc1ncc(-c2cc3cc(F)ccc3o2)s1. The fraction of sp³-hybridized carbons (Fsp3) is 0. The molecule has 0 aliphatic heterocycles. The Balaban J connectivity index is 2.18. The van der Waals surface area contributed by atoms with Crippen LogP contribution < -0.4 is 5.73 Å². The maximum absolute atomic E-state index is 13.0. The summed E-state index contributed by atoms with van der Waals surface area (Å²) in [5.74, 6) is 0.387. The van der Waals surface area contributed by atoms with Gasteiger partial charge >= 0.3 is 0 Å². The summed E-state index contributed by atoms with van der Waals surface area (Å²) in [6.45, 7) is 0. The van der Waals surface area contributed by atoms with Gasteiger partial charge in [0.05, 0.1) is 11.1 Å². The van der Waals surface area contributed by atoms with Crippen molar-refractivity contribution in [1.29, 1.82) is 0 Å². The first kappa shape index (κ1) is 9.35. The number of fused-ring (bicyclic) bond motifs is 1. The zero-order valence-electron chi connectivity index (χ0n) is 8.11. The summed E-state index contributed by atoms with van der Waals surface area (Å²) in [6.07, 6.45) is 1.65. The lowest BCUT2D eigenvalue weighted by Crippen LogP contribution is -1.77.